The van der Waals surface area contributed by atoms with E-state index in [9.17, 15) is 19.1 Å². The van der Waals surface area contributed by atoms with Crippen LogP contribution < -0.4 is 0 Å². The molecular formula is C21H20FNO5. The van der Waals surface area contributed by atoms with Crippen molar-refractivity contribution in [2.45, 2.75) is 31.9 Å². The summed E-state index contributed by atoms with van der Waals surface area (Å²) >= 11 is 0. The van der Waals surface area contributed by atoms with Crippen LogP contribution in [0, 0.1) is 12.7 Å². The maximum absolute atomic E-state index is 13.2. The van der Waals surface area contributed by atoms with E-state index in [0.717, 1.165) is 12.8 Å². The number of ketones is 1. The number of rotatable bonds is 4. The zero-order valence-electron chi connectivity index (χ0n) is 15.4. The van der Waals surface area contributed by atoms with E-state index < -0.39 is 23.5 Å². The second-order valence-corrected chi connectivity index (χ2v) is 7.04. The normalized spacial score (nSPS) is 24.3. The number of aliphatic hydroxyl groups is 1. The summed E-state index contributed by atoms with van der Waals surface area (Å²) in [5, 5.41) is 10.8. The Balaban J connectivity index is 1.80. The van der Waals surface area contributed by atoms with Gasteiger partial charge in [-0.15, -0.1) is 0 Å². The smallest absolute Gasteiger partial charge is 0.295 e. The van der Waals surface area contributed by atoms with Gasteiger partial charge in [0.05, 0.1) is 11.7 Å². The fourth-order valence-corrected chi connectivity index (χ4v) is 3.74. The van der Waals surface area contributed by atoms with Crippen molar-refractivity contribution in [3.8, 4) is 0 Å². The number of halogens is 1. The number of likely N-dealkylation sites (tertiary alicyclic amines) is 1. The largest absolute Gasteiger partial charge is 0.507 e. The molecule has 0 spiro atoms. The molecule has 6 nitrogen and oxygen atoms in total. The van der Waals surface area contributed by atoms with E-state index in [1.807, 2.05) is 0 Å². The highest BCUT2D eigenvalue weighted by atomic mass is 19.1. The fraction of sp³-hybridized carbons (Fsp3) is 0.333. The van der Waals surface area contributed by atoms with Crippen molar-refractivity contribution in [2.24, 2.45) is 0 Å². The number of aliphatic hydroxyl groups excluding tert-OH is 1. The lowest BCUT2D eigenvalue weighted by molar-refractivity contribution is -0.141. The molecule has 2 aromatic rings. The molecule has 28 heavy (non-hydrogen) atoms. The standard InChI is InChI=1S/C21H20FNO5/c1-12-4-9-16(28-12)18-17(19(24)13-5-7-14(22)8-6-13)20(25)21(26)23(18)11-15-3-2-10-27-15/h4-9,15,18,24H,2-3,10-11H2,1H3/b19-17-. The van der Waals surface area contributed by atoms with E-state index in [1.165, 1.54) is 29.2 Å². The first-order valence-electron chi connectivity index (χ1n) is 9.18. The number of carbonyl (C=O) groups excluding carboxylic acids is 2. The van der Waals surface area contributed by atoms with E-state index in [-0.39, 0.29) is 29.5 Å². The van der Waals surface area contributed by atoms with Gasteiger partial charge in [-0.3, -0.25) is 9.59 Å². The number of benzene rings is 1. The van der Waals surface area contributed by atoms with Crippen molar-refractivity contribution in [3.63, 3.8) is 0 Å². The van der Waals surface area contributed by atoms with E-state index in [1.54, 1.807) is 19.1 Å². The van der Waals surface area contributed by atoms with Crippen molar-refractivity contribution in [3.05, 3.63) is 64.9 Å². The van der Waals surface area contributed by atoms with Gasteiger partial charge in [0.15, 0.2) is 0 Å². The van der Waals surface area contributed by atoms with Crippen molar-refractivity contribution in [2.75, 3.05) is 13.2 Å². The molecule has 7 heteroatoms. The quantitative estimate of drug-likeness (QED) is 0.496. The van der Waals surface area contributed by atoms with E-state index in [2.05, 4.69) is 0 Å². The Bertz CT molecular complexity index is 940. The number of nitrogens with zero attached hydrogens (tertiary/aromatic N) is 1. The Kier molecular flexibility index (Phi) is 4.77. The third-order valence-electron chi connectivity index (χ3n) is 5.11. The number of furan rings is 1. The Labute approximate surface area is 161 Å². The summed E-state index contributed by atoms with van der Waals surface area (Å²) in [5.41, 5.74) is 0.189. The number of Topliss-reactive ketones (excluding diaryl/α,β-unsaturated/α-hetero) is 1. The van der Waals surface area contributed by atoms with Crippen molar-refractivity contribution in [1.82, 2.24) is 4.90 Å². The lowest BCUT2D eigenvalue weighted by Gasteiger charge is -2.25. The summed E-state index contributed by atoms with van der Waals surface area (Å²) in [5.74, 6) is -1.31. The van der Waals surface area contributed by atoms with Gasteiger partial charge in [-0.2, -0.15) is 0 Å². The molecular weight excluding hydrogens is 365 g/mol. The van der Waals surface area contributed by atoms with Gasteiger partial charge >= 0.3 is 0 Å². The second kappa shape index (κ2) is 7.24. The molecule has 3 heterocycles. The maximum Gasteiger partial charge on any atom is 0.295 e. The van der Waals surface area contributed by atoms with E-state index >= 15 is 0 Å². The molecule has 2 unspecified atom stereocenters. The van der Waals surface area contributed by atoms with Gasteiger partial charge in [0, 0.05) is 18.7 Å². The van der Waals surface area contributed by atoms with Crippen LogP contribution in [-0.4, -0.2) is 41.0 Å². The first-order valence-corrected chi connectivity index (χ1v) is 9.18. The average molecular weight is 385 g/mol. The topological polar surface area (TPSA) is 80.0 Å². The van der Waals surface area contributed by atoms with E-state index in [0.29, 0.717) is 18.1 Å². The Morgan fingerprint density at radius 3 is 2.57 bits per heavy atom. The Morgan fingerprint density at radius 2 is 1.96 bits per heavy atom. The minimum Gasteiger partial charge on any atom is -0.507 e. The highest BCUT2D eigenvalue weighted by Crippen LogP contribution is 2.40. The Hall–Kier alpha value is -2.93. The summed E-state index contributed by atoms with van der Waals surface area (Å²) in [7, 11) is 0. The first-order chi connectivity index (χ1) is 13.5. The predicted molar refractivity (Wildman–Crippen MR) is 97.8 cm³/mol. The van der Waals surface area contributed by atoms with Gasteiger partial charge in [0.25, 0.3) is 11.7 Å². The van der Waals surface area contributed by atoms with Crippen LogP contribution in [0.5, 0.6) is 0 Å². The number of amides is 1. The number of aryl methyl sites for hydroxylation is 1. The summed E-state index contributed by atoms with van der Waals surface area (Å²) in [6, 6.07) is 7.66. The second-order valence-electron chi connectivity index (χ2n) is 7.04. The molecule has 1 N–H and O–H groups in total. The third-order valence-corrected chi connectivity index (χ3v) is 5.11. The van der Waals surface area contributed by atoms with Crippen molar-refractivity contribution >= 4 is 17.4 Å². The molecule has 2 aliphatic rings. The fourth-order valence-electron chi connectivity index (χ4n) is 3.74. The zero-order valence-corrected chi connectivity index (χ0v) is 15.4. The number of carbonyl (C=O) groups is 2. The molecule has 1 aromatic heterocycles. The molecule has 1 aromatic carbocycles. The number of hydrogen-bond acceptors (Lipinski definition) is 5. The van der Waals surface area contributed by atoms with Crippen LogP contribution in [0.2, 0.25) is 0 Å². The molecule has 2 fully saturated rings. The molecule has 1 amide bonds. The lowest BCUT2D eigenvalue weighted by atomic mass is 9.99. The van der Waals surface area contributed by atoms with Gasteiger partial charge in [-0.05, 0) is 56.2 Å². The highest BCUT2D eigenvalue weighted by molar-refractivity contribution is 6.46. The zero-order chi connectivity index (χ0) is 19.8. The van der Waals surface area contributed by atoms with Crippen LogP contribution in [0.15, 0.2) is 46.4 Å². The van der Waals surface area contributed by atoms with Crippen LogP contribution in [0.25, 0.3) is 5.76 Å². The SMILES string of the molecule is Cc1ccc(C2/C(=C(/O)c3ccc(F)cc3)C(=O)C(=O)N2CC2CCCO2)o1. The highest BCUT2D eigenvalue weighted by Gasteiger charge is 2.48. The minimum atomic E-state index is -0.858. The molecule has 4 rings (SSSR count). The minimum absolute atomic E-state index is 0.0658. The van der Waals surface area contributed by atoms with Gasteiger partial charge < -0.3 is 19.2 Å². The van der Waals surface area contributed by atoms with Crippen LogP contribution >= 0.6 is 0 Å². The molecule has 2 saturated heterocycles. The predicted octanol–water partition coefficient (Wildman–Crippen LogP) is 3.33. The molecule has 0 radical (unpaired) electrons. The van der Waals surface area contributed by atoms with Gasteiger partial charge in [-0.25, -0.2) is 4.39 Å². The maximum atomic E-state index is 13.2. The molecule has 2 atom stereocenters. The summed E-state index contributed by atoms with van der Waals surface area (Å²) in [6.07, 6.45) is 1.53. The molecule has 0 bridgehead atoms. The average Bonchev–Trinajstić information content (AvgIpc) is 3.39. The van der Waals surface area contributed by atoms with Gasteiger partial charge in [-0.1, -0.05) is 0 Å². The molecule has 0 saturated carbocycles. The van der Waals surface area contributed by atoms with Crippen molar-refractivity contribution in [1.29, 1.82) is 0 Å². The van der Waals surface area contributed by atoms with Crippen molar-refractivity contribution < 1.29 is 28.2 Å². The van der Waals surface area contributed by atoms with Crippen LogP contribution in [0.1, 0.15) is 36.0 Å². The summed E-state index contributed by atoms with van der Waals surface area (Å²) in [4.78, 5) is 26.9. The van der Waals surface area contributed by atoms with E-state index in [4.69, 9.17) is 9.15 Å². The third kappa shape index (κ3) is 3.22. The van der Waals surface area contributed by atoms with Crippen LogP contribution in [0.4, 0.5) is 4.39 Å². The lowest BCUT2D eigenvalue weighted by Crippen LogP contribution is -2.36. The van der Waals surface area contributed by atoms with Gasteiger partial charge in [0.1, 0.15) is 29.1 Å². The first kappa shape index (κ1) is 18.4. The monoisotopic (exact) mass is 385 g/mol. The molecule has 146 valence electrons. The van der Waals surface area contributed by atoms with Gasteiger partial charge in [0.2, 0.25) is 0 Å². The van der Waals surface area contributed by atoms with Crippen LogP contribution in [0.3, 0.4) is 0 Å². The molecule has 2 aliphatic heterocycles. The Morgan fingerprint density at radius 1 is 1.21 bits per heavy atom. The number of ether oxygens (including phenoxy) is 1. The summed E-state index contributed by atoms with van der Waals surface area (Å²) < 4.78 is 24.6. The number of hydrogen-bond donors (Lipinski definition) is 1. The van der Waals surface area contributed by atoms with Crippen LogP contribution in [-0.2, 0) is 14.3 Å². The molecule has 0 aliphatic carbocycles. The summed E-state index contributed by atoms with van der Waals surface area (Å²) in [6.45, 7) is 2.61.